The van der Waals surface area contributed by atoms with Crippen LogP contribution < -0.4 is 0 Å². The van der Waals surface area contributed by atoms with E-state index in [4.69, 9.17) is 5.11 Å². The van der Waals surface area contributed by atoms with Gasteiger partial charge in [-0.3, -0.25) is 0 Å². The minimum atomic E-state index is -1.02. The molecule has 0 saturated carbocycles. The van der Waals surface area contributed by atoms with Gasteiger partial charge in [0, 0.05) is 6.42 Å². The lowest BCUT2D eigenvalue weighted by Gasteiger charge is -2.26. The second-order valence-corrected chi connectivity index (χ2v) is 3.93. The molecule has 0 aliphatic heterocycles. The van der Waals surface area contributed by atoms with Crippen LogP contribution in [0.4, 0.5) is 4.39 Å². The monoisotopic (exact) mass is 164 g/mol. The number of aliphatic hydroxyl groups is 2. The van der Waals surface area contributed by atoms with Gasteiger partial charge in [-0.25, -0.2) is 4.39 Å². The molecule has 0 aromatic carbocycles. The predicted octanol–water partition coefficient (Wildman–Crippen LogP) is 1.11. The van der Waals surface area contributed by atoms with E-state index in [0.29, 0.717) is 0 Å². The van der Waals surface area contributed by atoms with Crippen LogP contribution in [-0.4, -0.2) is 29.1 Å². The van der Waals surface area contributed by atoms with E-state index in [1.54, 1.807) is 0 Å². The first-order valence-corrected chi connectivity index (χ1v) is 3.80. The van der Waals surface area contributed by atoms with Gasteiger partial charge in [0.25, 0.3) is 0 Å². The van der Waals surface area contributed by atoms with Crippen LogP contribution in [0.3, 0.4) is 0 Å². The van der Waals surface area contributed by atoms with E-state index in [1.807, 2.05) is 20.8 Å². The van der Waals surface area contributed by atoms with Crippen LogP contribution in [-0.2, 0) is 0 Å². The summed E-state index contributed by atoms with van der Waals surface area (Å²) in [7, 11) is 0. The lowest BCUT2D eigenvalue weighted by atomic mass is 9.86. The summed E-state index contributed by atoms with van der Waals surface area (Å²) in [5.74, 6) is 0. The fraction of sp³-hybridized carbons (Fsp3) is 1.00. The number of rotatable bonds is 3. The lowest BCUT2D eigenvalue weighted by molar-refractivity contribution is 0.00671. The smallest absolute Gasteiger partial charge is 0.115 e. The van der Waals surface area contributed by atoms with Gasteiger partial charge in [0.05, 0.1) is 12.2 Å². The molecule has 68 valence electrons. The molecule has 0 rings (SSSR count). The first-order valence-electron chi connectivity index (χ1n) is 3.80. The minimum absolute atomic E-state index is 0.111. The SMILES string of the molecule is CC(C)(C)C(O)CC(O)CF. The minimum Gasteiger partial charge on any atom is -0.392 e. The van der Waals surface area contributed by atoms with Gasteiger partial charge in [0.1, 0.15) is 6.67 Å². The first kappa shape index (κ1) is 10.8. The third kappa shape index (κ3) is 4.32. The number of hydrogen-bond donors (Lipinski definition) is 2. The summed E-state index contributed by atoms with van der Waals surface area (Å²) in [5, 5.41) is 18.2. The van der Waals surface area contributed by atoms with Crippen LogP contribution in [0.1, 0.15) is 27.2 Å². The van der Waals surface area contributed by atoms with Gasteiger partial charge in [0.2, 0.25) is 0 Å². The largest absolute Gasteiger partial charge is 0.392 e. The normalized spacial score (nSPS) is 18.0. The third-order valence-corrected chi connectivity index (χ3v) is 1.67. The molecule has 2 unspecified atom stereocenters. The van der Waals surface area contributed by atoms with E-state index in [1.165, 1.54) is 0 Å². The fourth-order valence-electron chi connectivity index (χ4n) is 0.674. The van der Waals surface area contributed by atoms with E-state index < -0.39 is 18.9 Å². The van der Waals surface area contributed by atoms with E-state index in [9.17, 15) is 9.50 Å². The van der Waals surface area contributed by atoms with E-state index in [0.717, 1.165) is 0 Å². The second kappa shape index (κ2) is 4.02. The second-order valence-electron chi connectivity index (χ2n) is 3.93. The maximum absolute atomic E-state index is 11.8. The van der Waals surface area contributed by atoms with Crippen molar-refractivity contribution < 1.29 is 14.6 Å². The van der Waals surface area contributed by atoms with Crippen molar-refractivity contribution in [2.75, 3.05) is 6.67 Å². The Bertz CT molecular complexity index is 109. The zero-order chi connectivity index (χ0) is 9.07. The van der Waals surface area contributed by atoms with Crippen LogP contribution in [0.25, 0.3) is 0 Å². The average Bonchev–Trinajstić information content (AvgIpc) is 1.85. The number of aliphatic hydroxyl groups excluding tert-OH is 2. The average molecular weight is 164 g/mol. The summed E-state index contributed by atoms with van der Waals surface area (Å²) in [4.78, 5) is 0. The number of alkyl halides is 1. The Morgan fingerprint density at radius 1 is 1.27 bits per heavy atom. The Kier molecular flexibility index (Phi) is 3.97. The van der Waals surface area contributed by atoms with Gasteiger partial charge in [0.15, 0.2) is 0 Å². The van der Waals surface area contributed by atoms with Gasteiger partial charge in [-0.1, -0.05) is 20.8 Å². The topological polar surface area (TPSA) is 40.5 Å². The summed E-state index contributed by atoms with van der Waals surface area (Å²) < 4.78 is 11.8. The Morgan fingerprint density at radius 3 is 2.00 bits per heavy atom. The molecular formula is C8H17FO2. The molecule has 0 fully saturated rings. The standard InChI is InChI=1S/C8H17FO2/c1-8(2,3)7(11)4-6(10)5-9/h6-7,10-11H,4-5H2,1-3H3. The Balaban J connectivity index is 3.77. The van der Waals surface area contributed by atoms with Crippen LogP contribution in [0.2, 0.25) is 0 Å². The summed E-state index contributed by atoms with van der Waals surface area (Å²) >= 11 is 0. The zero-order valence-corrected chi connectivity index (χ0v) is 7.34. The van der Waals surface area contributed by atoms with Crippen molar-refractivity contribution in [1.82, 2.24) is 0 Å². The van der Waals surface area contributed by atoms with Crippen molar-refractivity contribution in [3.8, 4) is 0 Å². The summed E-state index contributed by atoms with van der Waals surface area (Å²) in [5.41, 5.74) is -0.282. The van der Waals surface area contributed by atoms with Gasteiger partial charge in [-0.05, 0) is 5.41 Å². The quantitative estimate of drug-likeness (QED) is 0.656. The highest BCUT2D eigenvalue weighted by Crippen LogP contribution is 2.22. The van der Waals surface area contributed by atoms with Crippen molar-refractivity contribution >= 4 is 0 Å². The third-order valence-electron chi connectivity index (χ3n) is 1.67. The van der Waals surface area contributed by atoms with Gasteiger partial charge in [-0.15, -0.1) is 0 Å². The molecule has 0 amide bonds. The molecule has 3 heteroatoms. The highest BCUT2D eigenvalue weighted by atomic mass is 19.1. The number of halogens is 1. The van der Waals surface area contributed by atoms with Crippen LogP contribution in [0, 0.1) is 5.41 Å². The molecule has 11 heavy (non-hydrogen) atoms. The molecule has 0 spiro atoms. The van der Waals surface area contributed by atoms with E-state index >= 15 is 0 Å². The fourth-order valence-corrected chi connectivity index (χ4v) is 0.674. The van der Waals surface area contributed by atoms with Gasteiger partial charge < -0.3 is 10.2 Å². The van der Waals surface area contributed by atoms with Crippen molar-refractivity contribution in [2.24, 2.45) is 5.41 Å². The molecule has 0 aliphatic rings. The summed E-state index contributed by atoms with van der Waals surface area (Å²) in [6.07, 6.45) is -1.56. The summed E-state index contributed by atoms with van der Waals surface area (Å²) in [6.45, 7) is 4.76. The molecular weight excluding hydrogens is 147 g/mol. The molecule has 0 aromatic heterocycles. The van der Waals surface area contributed by atoms with Crippen molar-refractivity contribution in [2.45, 2.75) is 39.4 Å². The van der Waals surface area contributed by atoms with E-state index in [2.05, 4.69) is 0 Å². The molecule has 2 atom stereocenters. The van der Waals surface area contributed by atoms with Crippen LogP contribution in [0.5, 0.6) is 0 Å². The van der Waals surface area contributed by atoms with E-state index in [-0.39, 0.29) is 11.8 Å². The van der Waals surface area contributed by atoms with Gasteiger partial charge >= 0.3 is 0 Å². The highest BCUT2D eigenvalue weighted by Gasteiger charge is 2.24. The molecule has 0 heterocycles. The molecule has 2 nitrogen and oxygen atoms in total. The molecule has 0 saturated heterocycles. The van der Waals surface area contributed by atoms with Crippen LogP contribution in [0.15, 0.2) is 0 Å². The maximum Gasteiger partial charge on any atom is 0.115 e. The predicted molar refractivity (Wildman–Crippen MR) is 42.1 cm³/mol. The summed E-state index contributed by atoms with van der Waals surface area (Å²) in [6, 6.07) is 0. The molecule has 2 N–H and O–H groups in total. The Labute approximate surface area is 67.0 Å². The lowest BCUT2D eigenvalue weighted by Crippen LogP contribution is -2.30. The number of hydrogen-bond acceptors (Lipinski definition) is 2. The maximum atomic E-state index is 11.8. The molecule has 0 radical (unpaired) electrons. The highest BCUT2D eigenvalue weighted by molar-refractivity contribution is 4.75. The molecule has 0 aromatic rings. The first-order chi connectivity index (χ1) is 4.88. The Morgan fingerprint density at radius 2 is 1.73 bits per heavy atom. The molecule has 0 bridgehead atoms. The van der Waals surface area contributed by atoms with Crippen LogP contribution >= 0.6 is 0 Å². The molecule has 0 aliphatic carbocycles. The Hall–Kier alpha value is -0.150. The van der Waals surface area contributed by atoms with Gasteiger partial charge in [-0.2, -0.15) is 0 Å². The van der Waals surface area contributed by atoms with Crippen molar-refractivity contribution in [3.63, 3.8) is 0 Å². The zero-order valence-electron chi connectivity index (χ0n) is 7.34. The van der Waals surface area contributed by atoms with Crippen molar-refractivity contribution in [1.29, 1.82) is 0 Å². The van der Waals surface area contributed by atoms with Crippen molar-refractivity contribution in [3.05, 3.63) is 0 Å².